The molecule has 0 bridgehead atoms. The van der Waals surface area contributed by atoms with E-state index in [1.165, 1.54) is 0 Å². The highest BCUT2D eigenvalue weighted by Crippen LogP contribution is 2.80. The first-order valence-corrected chi connectivity index (χ1v) is 15.3. The van der Waals surface area contributed by atoms with Crippen molar-refractivity contribution >= 4 is 23.7 Å². The van der Waals surface area contributed by atoms with Gasteiger partial charge < -0.3 is 25.7 Å². The van der Waals surface area contributed by atoms with Crippen LogP contribution in [0, 0.1) is 16.2 Å². The number of benzene rings is 2. The molecule has 2 unspecified atom stereocenters. The number of hydrogen-bond acceptors (Lipinski definition) is 9. The molecule has 238 valence electrons. The third-order valence-electron chi connectivity index (χ3n) is 8.51. The van der Waals surface area contributed by atoms with Crippen molar-refractivity contribution in [1.82, 2.24) is 0 Å². The Labute approximate surface area is 260 Å². The molecule has 0 aliphatic heterocycles. The van der Waals surface area contributed by atoms with Crippen molar-refractivity contribution in [2.24, 2.45) is 27.7 Å². The number of fused-ring (bicyclic) bond motifs is 1. The average molecular weight is 607 g/mol. The molecule has 9 nitrogen and oxygen atoms in total. The predicted molar refractivity (Wildman–Crippen MR) is 166 cm³/mol. The molecule has 0 heterocycles. The van der Waals surface area contributed by atoms with E-state index in [-0.39, 0.29) is 35.6 Å². The van der Waals surface area contributed by atoms with E-state index in [1.807, 2.05) is 45.0 Å². The summed E-state index contributed by atoms with van der Waals surface area (Å²) < 4.78 is 16.6. The lowest BCUT2D eigenvalue weighted by molar-refractivity contribution is -0.150. The SMILES string of the molecule is CC(C)(C)C(=O)CCc1ccc(CC(N)C(=O)OC23CC2(COC(=O)C(N)Cc2ccc(OC(=O)C(C)(C)C)cc2)C3)cc1. The number of carbonyl (C=O) groups is 4. The van der Waals surface area contributed by atoms with Crippen LogP contribution in [-0.4, -0.2) is 48.0 Å². The molecule has 0 amide bonds. The first kappa shape index (κ1) is 33.3. The smallest absolute Gasteiger partial charge is 0.323 e. The van der Waals surface area contributed by atoms with Gasteiger partial charge in [0.05, 0.1) is 10.8 Å². The summed E-state index contributed by atoms with van der Waals surface area (Å²) in [6.45, 7) is 11.3. The molecule has 0 spiro atoms. The van der Waals surface area contributed by atoms with E-state index in [4.69, 9.17) is 25.7 Å². The van der Waals surface area contributed by atoms with Crippen LogP contribution in [0.25, 0.3) is 0 Å². The third kappa shape index (κ3) is 8.12. The summed E-state index contributed by atoms with van der Waals surface area (Å²) in [5.41, 5.74) is 13.2. The average Bonchev–Trinajstić information content (AvgIpc) is 3.76. The molecule has 2 aromatic carbocycles. The number of rotatable bonds is 13. The van der Waals surface area contributed by atoms with Crippen LogP contribution in [0.1, 0.15) is 77.5 Å². The van der Waals surface area contributed by atoms with Gasteiger partial charge in [0.2, 0.25) is 0 Å². The fourth-order valence-electron chi connectivity index (χ4n) is 5.05. The molecule has 2 aromatic rings. The maximum absolute atomic E-state index is 12.8. The van der Waals surface area contributed by atoms with Crippen LogP contribution in [-0.2, 0) is 47.9 Å². The Balaban J connectivity index is 1.17. The predicted octanol–water partition coefficient (Wildman–Crippen LogP) is 4.24. The van der Waals surface area contributed by atoms with Crippen molar-refractivity contribution in [3.63, 3.8) is 0 Å². The van der Waals surface area contributed by atoms with Crippen LogP contribution < -0.4 is 16.2 Å². The van der Waals surface area contributed by atoms with Gasteiger partial charge in [-0.2, -0.15) is 0 Å². The van der Waals surface area contributed by atoms with E-state index < -0.39 is 35.0 Å². The van der Waals surface area contributed by atoms with E-state index in [1.54, 1.807) is 45.0 Å². The summed E-state index contributed by atoms with van der Waals surface area (Å²) in [5.74, 6) is -0.672. The van der Waals surface area contributed by atoms with Crippen LogP contribution in [0.4, 0.5) is 0 Å². The van der Waals surface area contributed by atoms with Crippen molar-refractivity contribution in [3.8, 4) is 5.75 Å². The number of ether oxygens (including phenoxy) is 3. The van der Waals surface area contributed by atoms with E-state index in [0.717, 1.165) is 16.7 Å². The van der Waals surface area contributed by atoms with Gasteiger partial charge in [-0.25, -0.2) is 0 Å². The van der Waals surface area contributed by atoms with E-state index in [9.17, 15) is 19.2 Å². The number of aryl methyl sites for hydroxylation is 1. The Kier molecular flexibility index (Phi) is 9.43. The minimum absolute atomic E-state index is 0.142. The largest absolute Gasteiger partial charge is 0.464 e. The zero-order valence-corrected chi connectivity index (χ0v) is 26.7. The summed E-state index contributed by atoms with van der Waals surface area (Å²) in [4.78, 5) is 49.6. The van der Waals surface area contributed by atoms with Crippen molar-refractivity contribution < 1.29 is 33.4 Å². The van der Waals surface area contributed by atoms with Crippen LogP contribution in [0.15, 0.2) is 48.5 Å². The Bertz CT molecular complexity index is 1380. The number of Topliss-reactive ketones (excluding diaryl/α,β-unsaturated/α-hetero) is 1. The second-order valence-corrected chi connectivity index (χ2v) is 14.6. The molecule has 0 saturated heterocycles. The van der Waals surface area contributed by atoms with Gasteiger partial charge in [0, 0.05) is 24.7 Å². The van der Waals surface area contributed by atoms with Crippen LogP contribution in [0.2, 0.25) is 0 Å². The van der Waals surface area contributed by atoms with Gasteiger partial charge in [0.1, 0.15) is 35.8 Å². The molecule has 2 aliphatic rings. The summed E-state index contributed by atoms with van der Waals surface area (Å²) in [5, 5.41) is 0. The zero-order chi connectivity index (χ0) is 32.5. The first-order valence-electron chi connectivity index (χ1n) is 15.3. The normalized spacial score (nSPS) is 21.8. The number of hydrogen-bond donors (Lipinski definition) is 2. The van der Waals surface area contributed by atoms with E-state index in [0.29, 0.717) is 37.9 Å². The van der Waals surface area contributed by atoms with Gasteiger partial charge in [-0.15, -0.1) is 0 Å². The van der Waals surface area contributed by atoms with Gasteiger partial charge in [0.15, 0.2) is 0 Å². The molecule has 44 heavy (non-hydrogen) atoms. The van der Waals surface area contributed by atoms with Crippen LogP contribution in [0.3, 0.4) is 0 Å². The molecule has 2 fully saturated rings. The molecule has 4 rings (SSSR count). The highest BCUT2D eigenvalue weighted by atomic mass is 16.6. The summed E-state index contributed by atoms with van der Waals surface area (Å²) in [6.07, 6.45) is 3.05. The van der Waals surface area contributed by atoms with Gasteiger partial charge in [-0.1, -0.05) is 57.2 Å². The summed E-state index contributed by atoms with van der Waals surface area (Å²) in [6, 6.07) is 13.0. The van der Waals surface area contributed by atoms with E-state index in [2.05, 4.69) is 0 Å². The minimum atomic E-state index is -0.859. The van der Waals surface area contributed by atoms with Crippen LogP contribution in [0.5, 0.6) is 5.75 Å². The Morgan fingerprint density at radius 1 is 0.750 bits per heavy atom. The van der Waals surface area contributed by atoms with Crippen LogP contribution >= 0.6 is 0 Å². The number of ketones is 1. The molecular formula is C35H46N2O7. The van der Waals surface area contributed by atoms with Crippen molar-refractivity contribution in [2.45, 2.75) is 97.8 Å². The molecule has 2 atom stereocenters. The Hall–Kier alpha value is -3.56. The van der Waals surface area contributed by atoms with Gasteiger partial charge in [-0.3, -0.25) is 19.2 Å². The Morgan fingerprint density at radius 2 is 1.25 bits per heavy atom. The standard InChI is InChI=1S/C35H46N2O7/c1-32(2,3)28(38)16-13-22-7-9-23(10-8-22)18-27(37)30(40)44-35-19-34(35,20-35)21-42-29(39)26(36)17-24-11-14-25(15-12-24)43-31(41)33(4,5)6/h7-12,14-15,26-27H,13,16-21,36-37H2,1-6H3. The minimum Gasteiger partial charge on any atom is -0.464 e. The zero-order valence-electron chi connectivity index (χ0n) is 26.7. The molecule has 2 saturated carbocycles. The lowest BCUT2D eigenvalue weighted by atomic mass is 9.87. The molecule has 4 N–H and O–H groups in total. The van der Waals surface area contributed by atoms with Gasteiger partial charge in [0.25, 0.3) is 0 Å². The van der Waals surface area contributed by atoms with Gasteiger partial charge >= 0.3 is 17.9 Å². The lowest BCUT2D eigenvalue weighted by Crippen LogP contribution is -2.36. The van der Waals surface area contributed by atoms with Crippen molar-refractivity contribution in [2.75, 3.05) is 6.61 Å². The topological polar surface area (TPSA) is 148 Å². The maximum Gasteiger partial charge on any atom is 0.323 e. The second kappa shape index (κ2) is 12.4. The third-order valence-corrected chi connectivity index (χ3v) is 8.51. The lowest BCUT2D eigenvalue weighted by Gasteiger charge is -2.16. The first-order chi connectivity index (χ1) is 20.4. The van der Waals surface area contributed by atoms with Crippen molar-refractivity contribution in [3.05, 3.63) is 65.2 Å². The number of nitrogens with two attached hydrogens (primary N) is 2. The Morgan fingerprint density at radius 3 is 1.77 bits per heavy atom. The molecule has 2 aliphatic carbocycles. The molecule has 0 aromatic heterocycles. The van der Waals surface area contributed by atoms with Crippen molar-refractivity contribution in [1.29, 1.82) is 0 Å². The summed E-state index contributed by atoms with van der Waals surface area (Å²) >= 11 is 0. The fourth-order valence-corrected chi connectivity index (χ4v) is 5.05. The molecule has 0 radical (unpaired) electrons. The highest BCUT2D eigenvalue weighted by Gasteiger charge is 2.87. The number of esters is 3. The second-order valence-electron chi connectivity index (χ2n) is 14.6. The highest BCUT2D eigenvalue weighted by molar-refractivity contribution is 5.83. The number of carbonyl (C=O) groups excluding carboxylic acids is 4. The van der Waals surface area contributed by atoms with Gasteiger partial charge in [-0.05, 0) is 68.9 Å². The molecular weight excluding hydrogens is 560 g/mol. The fraction of sp³-hybridized carbons (Fsp3) is 0.543. The maximum atomic E-state index is 12.8. The quantitative estimate of drug-likeness (QED) is 0.252. The summed E-state index contributed by atoms with van der Waals surface area (Å²) in [7, 11) is 0. The monoisotopic (exact) mass is 606 g/mol. The molecule has 9 heteroatoms. The van der Waals surface area contributed by atoms with E-state index >= 15 is 0 Å².